The standard InChI is InChI=1S/C14H28N2/c1-12(2)13-6-10-16(11-7-13)14-4-3-8-15-9-5-14/h12-15H,3-11H2,1-2H3. The minimum absolute atomic E-state index is 0.878. The number of hydrogen-bond donors (Lipinski definition) is 1. The van der Waals surface area contributed by atoms with E-state index < -0.39 is 0 Å². The summed E-state index contributed by atoms with van der Waals surface area (Å²) in [5.74, 6) is 1.87. The van der Waals surface area contributed by atoms with Crippen molar-refractivity contribution in [1.82, 2.24) is 10.2 Å². The summed E-state index contributed by atoms with van der Waals surface area (Å²) >= 11 is 0. The summed E-state index contributed by atoms with van der Waals surface area (Å²) in [6.45, 7) is 9.94. The molecule has 94 valence electrons. The molecule has 16 heavy (non-hydrogen) atoms. The zero-order valence-electron chi connectivity index (χ0n) is 11.0. The predicted molar refractivity (Wildman–Crippen MR) is 69.6 cm³/mol. The highest BCUT2D eigenvalue weighted by Gasteiger charge is 2.26. The normalized spacial score (nSPS) is 30.6. The molecule has 2 rings (SSSR count). The molecule has 2 aliphatic heterocycles. The quantitative estimate of drug-likeness (QED) is 0.775. The molecular weight excluding hydrogens is 196 g/mol. The molecule has 1 unspecified atom stereocenters. The first-order valence-electron chi connectivity index (χ1n) is 7.22. The van der Waals surface area contributed by atoms with Crippen LogP contribution in [-0.4, -0.2) is 37.1 Å². The highest BCUT2D eigenvalue weighted by atomic mass is 15.2. The average molecular weight is 224 g/mol. The molecule has 0 amide bonds. The second-order valence-corrected chi connectivity index (χ2v) is 5.95. The Bertz CT molecular complexity index is 187. The fraction of sp³-hybridized carbons (Fsp3) is 1.00. The lowest BCUT2D eigenvalue weighted by Crippen LogP contribution is -2.42. The molecule has 0 bridgehead atoms. The monoisotopic (exact) mass is 224 g/mol. The molecule has 2 fully saturated rings. The van der Waals surface area contributed by atoms with Gasteiger partial charge in [-0.3, -0.25) is 0 Å². The van der Waals surface area contributed by atoms with Gasteiger partial charge >= 0.3 is 0 Å². The Labute approximate surface area is 101 Å². The van der Waals surface area contributed by atoms with E-state index in [2.05, 4.69) is 24.1 Å². The summed E-state index contributed by atoms with van der Waals surface area (Å²) in [4.78, 5) is 2.77. The highest BCUT2D eigenvalue weighted by Crippen LogP contribution is 2.27. The Balaban J connectivity index is 1.78. The van der Waals surface area contributed by atoms with Gasteiger partial charge in [-0.05, 0) is 70.1 Å². The second-order valence-electron chi connectivity index (χ2n) is 5.95. The van der Waals surface area contributed by atoms with E-state index in [1.165, 1.54) is 58.3 Å². The van der Waals surface area contributed by atoms with Gasteiger partial charge in [0, 0.05) is 6.04 Å². The Morgan fingerprint density at radius 2 is 1.75 bits per heavy atom. The van der Waals surface area contributed by atoms with Crippen LogP contribution in [0.1, 0.15) is 46.0 Å². The van der Waals surface area contributed by atoms with Crippen LogP contribution in [-0.2, 0) is 0 Å². The molecular formula is C14H28N2. The van der Waals surface area contributed by atoms with Gasteiger partial charge < -0.3 is 10.2 Å². The lowest BCUT2D eigenvalue weighted by molar-refractivity contribution is 0.107. The van der Waals surface area contributed by atoms with Crippen LogP contribution in [0.5, 0.6) is 0 Å². The first-order valence-corrected chi connectivity index (χ1v) is 7.22. The lowest BCUT2D eigenvalue weighted by atomic mass is 9.86. The van der Waals surface area contributed by atoms with Gasteiger partial charge in [-0.15, -0.1) is 0 Å². The third-order valence-corrected chi connectivity index (χ3v) is 4.58. The maximum atomic E-state index is 3.52. The van der Waals surface area contributed by atoms with E-state index in [0.717, 1.165) is 17.9 Å². The van der Waals surface area contributed by atoms with Gasteiger partial charge in [-0.25, -0.2) is 0 Å². The van der Waals surface area contributed by atoms with Crippen molar-refractivity contribution in [3.8, 4) is 0 Å². The molecule has 0 saturated carbocycles. The maximum absolute atomic E-state index is 3.52. The van der Waals surface area contributed by atoms with Gasteiger partial charge in [0.15, 0.2) is 0 Å². The number of hydrogen-bond acceptors (Lipinski definition) is 2. The van der Waals surface area contributed by atoms with E-state index in [1.54, 1.807) is 0 Å². The van der Waals surface area contributed by atoms with Crippen LogP contribution in [0.2, 0.25) is 0 Å². The largest absolute Gasteiger partial charge is 0.317 e. The Hall–Kier alpha value is -0.0800. The number of nitrogens with zero attached hydrogens (tertiary/aromatic N) is 1. The van der Waals surface area contributed by atoms with E-state index in [4.69, 9.17) is 0 Å². The first kappa shape index (κ1) is 12.4. The molecule has 0 spiro atoms. The summed E-state index contributed by atoms with van der Waals surface area (Å²) < 4.78 is 0. The fourth-order valence-corrected chi connectivity index (χ4v) is 3.32. The van der Waals surface area contributed by atoms with Crippen LogP contribution in [0.4, 0.5) is 0 Å². The SMILES string of the molecule is CC(C)C1CCN(C2CCCNCC2)CC1. The van der Waals surface area contributed by atoms with Crippen LogP contribution in [0, 0.1) is 11.8 Å². The molecule has 2 heterocycles. The van der Waals surface area contributed by atoms with Crippen molar-refractivity contribution in [3.63, 3.8) is 0 Å². The van der Waals surface area contributed by atoms with Crippen molar-refractivity contribution in [2.45, 2.75) is 52.0 Å². The number of nitrogens with one attached hydrogen (secondary N) is 1. The zero-order chi connectivity index (χ0) is 11.4. The van der Waals surface area contributed by atoms with Gasteiger partial charge in [0.05, 0.1) is 0 Å². The van der Waals surface area contributed by atoms with E-state index >= 15 is 0 Å². The van der Waals surface area contributed by atoms with E-state index in [-0.39, 0.29) is 0 Å². The van der Waals surface area contributed by atoms with E-state index in [0.29, 0.717) is 0 Å². The lowest BCUT2D eigenvalue weighted by Gasteiger charge is -2.38. The molecule has 0 aromatic carbocycles. The highest BCUT2D eigenvalue weighted by molar-refractivity contribution is 4.81. The Morgan fingerprint density at radius 3 is 2.44 bits per heavy atom. The molecule has 1 atom stereocenters. The van der Waals surface area contributed by atoms with Gasteiger partial charge in [-0.2, -0.15) is 0 Å². The molecule has 1 N–H and O–H groups in total. The van der Waals surface area contributed by atoms with E-state index in [9.17, 15) is 0 Å². The fourth-order valence-electron chi connectivity index (χ4n) is 3.32. The zero-order valence-corrected chi connectivity index (χ0v) is 11.0. The molecule has 0 aromatic rings. The van der Waals surface area contributed by atoms with Crippen molar-refractivity contribution in [3.05, 3.63) is 0 Å². The van der Waals surface area contributed by atoms with Crippen LogP contribution >= 0.6 is 0 Å². The van der Waals surface area contributed by atoms with Crippen molar-refractivity contribution < 1.29 is 0 Å². The van der Waals surface area contributed by atoms with Gasteiger partial charge in [0.25, 0.3) is 0 Å². The third-order valence-electron chi connectivity index (χ3n) is 4.58. The molecule has 0 radical (unpaired) electrons. The van der Waals surface area contributed by atoms with Crippen molar-refractivity contribution >= 4 is 0 Å². The van der Waals surface area contributed by atoms with Gasteiger partial charge in [-0.1, -0.05) is 13.8 Å². The predicted octanol–water partition coefficient (Wildman–Crippen LogP) is 2.50. The molecule has 0 aromatic heterocycles. The molecule has 2 saturated heterocycles. The number of likely N-dealkylation sites (tertiary alicyclic amines) is 1. The topological polar surface area (TPSA) is 15.3 Å². The Kier molecular flexibility index (Phi) is 4.66. The average Bonchev–Trinajstić information content (AvgIpc) is 2.57. The molecule has 2 nitrogen and oxygen atoms in total. The van der Waals surface area contributed by atoms with Crippen LogP contribution < -0.4 is 5.32 Å². The van der Waals surface area contributed by atoms with Crippen molar-refractivity contribution in [2.24, 2.45) is 11.8 Å². The molecule has 2 heteroatoms. The Morgan fingerprint density at radius 1 is 1.00 bits per heavy atom. The van der Waals surface area contributed by atoms with Crippen LogP contribution in [0.3, 0.4) is 0 Å². The maximum Gasteiger partial charge on any atom is 0.0108 e. The van der Waals surface area contributed by atoms with Crippen LogP contribution in [0.15, 0.2) is 0 Å². The summed E-state index contributed by atoms with van der Waals surface area (Å²) in [6.07, 6.45) is 7.02. The van der Waals surface area contributed by atoms with Crippen LogP contribution in [0.25, 0.3) is 0 Å². The minimum Gasteiger partial charge on any atom is -0.317 e. The molecule has 2 aliphatic rings. The number of piperidine rings is 1. The van der Waals surface area contributed by atoms with Crippen molar-refractivity contribution in [1.29, 1.82) is 0 Å². The summed E-state index contributed by atoms with van der Waals surface area (Å²) in [6, 6.07) is 0.878. The van der Waals surface area contributed by atoms with Gasteiger partial charge in [0.2, 0.25) is 0 Å². The minimum atomic E-state index is 0.878. The number of rotatable bonds is 2. The van der Waals surface area contributed by atoms with Gasteiger partial charge in [0.1, 0.15) is 0 Å². The smallest absolute Gasteiger partial charge is 0.0108 e. The third kappa shape index (κ3) is 3.21. The van der Waals surface area contributed by atoms with Crippen molar-refractivity contribution in [2.75, 3.05) is 26.2 Å². The summed E-state index contributed by atoms with van der Waals surface area (Å²) in [7, 11) is 0. The molecule has 0 aliphatic carbocycles. The summed E-state index contributed by atoms with van der Waals surface area (Å²) in [5, 5.41) is 3.52. The second kappa shape index (κ2) is 6.02. The van der Waals surface area contributed by atoms with E-state index in [1.807, 2.05) is 0 Å². The first-order chi connectivity index (χ1) is 7.77. The summed E-state index contributed by atoms with van der Waals surface area (Å²) in [5.41, 5.74) is 0.